The molecule has 2 saturated heterocycles. The predicted molar refractivity (Wildman–Crippen MR) is 190 cm³/mol. The Bertz CT molecular complexity index is 1760. The molecule has 9 heteroatoms. The summed E-state index contributed by atoms with van der Waals surface area (Å²) in [6.45, 7) is 10.8. The fourth-order valence-electron chi connectivity index (χ4n) is 6.74. The zero-order valence-electron chi connectivity index (χ0n) is 28.2. The number of carboxylic acids is 1. The maximum Gasteiger partial charge on any atom is 0.310 e. The average molecular weight is 665 g/mol. The van der Waals surface area contributed by atoms with Gasteiger partial charge in [0.25, 0.3) is 0 Å². The number of rotatable bonds is 10. The van der Waals surface area contributed by atoms with Gasteiger partial charge in [-0.15, -0.1) is 11.3 Å². The van der Waals surface area contributed by atoms with Gasteiger partial charge in [-0.2, -0.15) is 0 Å². The van der Waals surface area contributed by atoms with Crippen molar-refractivity contribution in [3.05, 3.63) is 99.5 Å². The Morgan fingerprint density at radius 3 is 2.21 bits per heavy atom. The Hall–Kier alpha value is -4.37. The molecule has 250 valence electrons. The number of aromatic nitrogens is 2. The highest BCUT2D eigenvalue weighted by atomic mass is 32.1. The van der Waals surface area contributed by atoms with E-state index in [0.717, 1.165) is 47.6 Å². The van der Waals surface area contributed by atoms with Crippen LogP contribution in [0.2, 0.25) is 0 Å². The number of Topliss-reactive ketones (excluding diaryl/α,β-unsaturated/α-hetero) is 1. The number of thiophene rings is 1. The molecule has 0 unspecified atom stereocenters. The molecule has 4 heterocycles. The Morgan fingerprint density at radius 1 is 0.938 bits per heavy atom. The normalized spacial score (nSPS) is 16.4. The van der Waals surface area contributed by atoms with E-state index >= 15 is 0 Å². The van der Waals surface area contributed by atoms with E-state index < -0.39 is 17.8 Å². The van der Waals surface area contributed by atoms with Crippen molar-refractivity contribution in [1.82, 2.24) is 14.9 Å². The standard InChI is InChI=1S/C39H44N4O4S/c1-25-7-5-6-8-32(25)27-15-17-42(18-16-27)31-21-40-36(41-22-31)28-11-9-26(10-12-28)19-29(37(45)43-23-30(24-43)38(46)47)20-33(44)34-13-14-35(48-34)39(2,3)4/h5-14,21-22,27,29-30H,15-20,23-24H2,1-4H3,(H,46,47)/t29-/m1/s1. The second-order valence-electron chi connectivity index (χ2n) is 14.3. The van der Waals surface area contributed by atoms with Gasteiger partial charge in [0.1, 0.15) is 0 Å². The number of carboxylic acid groups (broad SMARTS) is 1. The van der Waals surface area contributed by atoms with Gasteiger partial charge >= 0.3 is 5.97 Å². The van der Waals surface area contributed by atoms with Gasteiger partial charge in [-0.1, -0.05) is 69.3 Å². The molecule has 1 N–H and O–H groups in total. The highest BCUT2D eigenvalue weighted by Crippen LogP contribution is 2.33. The lowest BCUT2D eigenvalue weighted by atomic mass is 9.87. The van der Waals surface area contributed by atoms with Crippen LogP contribution in [0.1, 0.15) is 77.2 Å². The molecule has 4 aromatic rings. The second-order valence-corrected chi connectivity index (χ2v) is 15.4. The first kappa shape index (κ1) is 33.5. The molecule has 2 aliphatic heterocycles. The van der Waals surface area contributed by atoms with Crippen LogP contribution in [0, 0.1) is 18.8 Å². The number of ketones is 1. The van der Waals surface area contributed by atoms with Crippen LogP contribution in [-0.2, 0) is 21.4 Å². The number of likely N-dealkylation sites (tertiary alicyclic amines) is 1. The van der Waals surface area contributed by atoms with E-state index in [0.29, 0.717) is 23.0 Å². The Kier molecular flexibility index (Phi) is 9.78. The first-order chi connectivity index (χ1) is 23.0. The number of anilines is 1. The van der Waals surface area contributed by atoms with Crippen LogP contribution in [0.15, 0.2) is 73.1 Å². The number of carbonyl (C=O) groups is 3. The summed E-state index contributed by atoms with van der Waals surface area (Å²) in [4.78, 5) is 53.4. The average Bonchev–Trinajstić information content (AvgIpc) is 3.56. The summed E-state index contributed by atoms with van der Waals surface area (Å²) in [5.74, 6) is -1.03. The first-order valence-corrected chi connectivity index (χ1v) is 17.6. The third kappa shape index (κ3) is 7.51. The van der Waals surface area contributed by atoms with Crippen molar-refractivity contribution >= 4 is 34.7 Å². The van der Waals surface area contributed by atoms with Crippen molar-refractivity contribution in [3.63, 3.8) is 0 Å². The summed E-state index contributed by atoms with van der Waals surface area (Å²) in [5, 5.41) is 9.32. The Labute approximate surface area is 286 Å². The van der Waals surface area contributed by atoms with E-state index in [4.69, 9.17) is 0 Å². The second kappa shape index (κ2) is 14.0. The topological polar surface area (TPSA) is 104 Å². The van der Waals surface area contributed by atoms with Crippen LogP contribution in [0.4, 0.5) is 5.69 Å². The molecule has 0 radical (unpaired) electrons. The molecule has 2 fully saturated rings. The smallest absolute Gasteiger partial charge is 0.310 e. The molecule has 0 spiro atoms. The summed E-state index contributed by atoms with van der Waals surface area (Å²) < 4.78 is 0. The minimum absolute atomic E-state index is 0.0614. The highest BCUT2D eigenvalue weighted by Gasteiger charge is 2.39. The van der Waals surface area contributed by atoms with Crippen molar-refractivity contribution in [1.29, 1.82) is 0 Å². The number of hydrogen-bond donors (Lipinski definition) is 1. The van der Waals surface area contributed by atoms with Crippen LogP contribution >= 0.6 is 11.3 Å². The molecule has 2 aromatic carbocycles. The highest BCUT2D eigenvalue weighted by molar-refractivity contribution is 7.14. The van der Waals surface area contributed by atoms with Crippen LogP contribution in [0.3, 0.4) is 0 Å². The Morgan fingerprint density at radius 2 is 1.60 bits per heavy atom. The first-order valence-electron chi connectivity index (χ1n) is 16.8. The van der Waals surface area contributed by atoms with Gasteiger partial charge in [-0.05, 0) is 66.3 Å². The molecular formula is C39H44N4O4S. The number of amides is 1. The van der Waals surface area contributed by atoms with Gasteiger partial charge in [-0.25, -0.2) is 9.97 Å². The minimum Gasteiger partial charge on any atom is -0.481 e. The van der Waals surface area contributed by atoms with Gasteiger partial charge in [0, 0.05) is 49.0 Å². The van der Waals surface area contributed by atoms with E-state index in [2.05, 4.69) is 66.8 Å². The lowest BCUT2D eigenvalue weighted by Crippen LogP contribution is -2.55. The van der Waals surface area contributed by atoms with Gasteiger partial charge < -0.3 is 14.9 Å². The van der Waals surface area contributed by atoms with E-state index in [1.54, 1.807) is 4.90 Å². The Balaban J connectivity index is 1.10. The quantitative estimate of drug-likeness (QED) is 0.179. The van der Waals surface area contributed by atoms with Gasteiger partial charge in [0.2, 0.25) is 5.91 Å². The predicted octanol–water partition coefficient (Wildman–Crippen LogP) is 7.17. The molecule has 0 saturated carbocycles. The fraction of sp³-hybridized carbons (Fsp3) is 0.410. The van der Waals surface area contributed by atoms with Crippen molar-refractivity contribution in [2.24, 2.45) is 11.8 Å². The van der Waals surface area contributed by atoms with E-state index in [-0.39, 0.29) is 36.6 Å². The summed E-state index contributed by atoms with van der Waals surface area (Å²) in [6, 6.07) is 20.4. The molecular weight excluding hydrogens is 621 g/mol. The molecule has 1 atom stereocenters. The number of aliphatic carboxylic acids is 1. The number of carbonyl (C=O) groups excluding carboxylic acids is 2. The minimum atomic E-state index is -0.895. The van der Waals surface area contributed by atoms with E-state index in [1.165, 1.54) is 22.5 Å². The van der Waals surface area contributed by atoms with Gasteiger partial charge in [0.05, 0.1) is 28.9 Å². The van der Waals surface area contributed by atoms with E-state index in [9.17, 15) is 19.5 Å². The number of benzene rings is 2. The van der Waals surface area contributed by atoms with Crippen LogP contribution in [-0.4, -0.2) is 63.8 Å². The number of piperidine rings is 1. The van der Waals surface area contributed by atoms with Crippen molar-refractivity contribution in [2.75, 3.05) is 31.1 Å². The van der Waals surface area contributed by atoms with Crippen molar-refractivity contribution in [3.8, 4) is 11.4 Å². The lowest BCUT2D eigenvalue weighted by molar-refractivity contribution is -0.154. The third-order valence-corrected chi connectivity index (χ3v) is 11.3. The SMILES string of the molecule is Cc1ccccc1C1CCN(c2cnc(-c3ccc(C[C@H](CC(=O)c4ccc(C(C)(C)C)s4)C(=O)N4CC(C(=O)O)C4)cc3)nc2)CC1. The van der Waals surface area contributed by atoms with Crippen LogP contribution in [0.25, 0.3) is 11.4 Å². The molecule has 48 heavy (non-hydrogen) atoms. The summed E-state index contributed by atoms with van der Waals surface area (Å²) in [5.41, 5.74) is 5.59. The monoisotopic (exact) mass is 664 g/mol. The molecule has 2 aliphatic rings. The van der Waals surface area contributed by atoms with Crippen molar-refractivity contribution < 1.29 is 19.5 Å². The number of nitrogens with zero attached hydrogens (tertiary/aromatic N) is 4. The fourth-order valence-corrected chi connectivity index (χ4v) is 7.75. The number of aryl methyl sites for hydroxylation is 1. The summed E-state index contributed by atoms with van der Waals surface area (Å²) >= 11 is 1.48. The number of hydrogen-bond acceptors (Lipinski definition) is 7. The maximum atomic E-state index is 13.5. The third-order valence-electron chi connectivity index (χ3n) is 9.76. The molecule has 1 amide bonds. The molecule has 2 aromatic heterocycles. The lowest BCUT2D eigenvalue weighted by Gasteiger charge is -2.38. The maximum absolute atomic E-state index is 13.5. The zero-order chi connectivity index (χ0) is 34.0. The summed E-state index contributed by atoms with van der Waals surface area (Å²) in [6.07, 6.45) is 6.47. The summed E-state index contributed by atoms with van der Waals surface area (Å²) in [7, 11) is 0. The van der Waals surface area contributed by atoms with Gasteiger partial charge in [0.15, 0.2) is 11.6 Å². The van der Waals surface area contributed by atoms with Crippen LogP contribution in [0.5, 0.6) is 0 Å². The molecule has 8 nitrogen and oxygen atoms in total. The van der Waals surface area contributed by atoms with E-state index in [1.807, 2.05) is 48.8 Å². The largest absolute Gasteiger partial charge is 0.481 e. The molecule has 6 rings (SSSR count). The zero-order valence-corrected chi connectivity index (χ0v) is 29.0. The van der Waals surface area contributed by atoms with Crippen LogP contribution < -0.4 is 4.90 Å². The molecule has 0 aliphatic carbocycles. The van der Waals surface area contributed by atoms with Gasteiger partial charge in [-0.3, -0.25) is 14.4 Å². The van der Waals surface area contributed by atoms with Crippen molar-refractivity contribution in [2.45, 2.75) is 64.7 Å². The molecule has 0 bridgehead atoms.